The number of nitrogens with zero attached hydrogens (tertiary/aromatic N) is 7. The standard InChI is InChI=1S/C22H28N8O/c23-18-10-24-17(9-25-18)19-20-21(30(13-26-20)14-5-3-1-2-4-6-14)28-22(27-19)29-11-15-7-8-16(12-29)31-15/h9-10,13-16H,1-8,11-12H2,(H2,23,25). The van der Waals surface area contributed by atoms with Crippen molar-refractivity contribution >= 4 is 22.9 Å². The van der Waals surface area contributed by atoms with Crippen LogP contribution in [0.1, 0.15) is 57.4 Å². The van der Waals surface area contributed by atoms with Crippen LogP contribution in [0.3, 0.4) is 0 Å². The lowest BCUT2D eigenvalue weighted by atomic mass is 10.1. The molecule has 2 bridgehead atoms. The summed E-state index contributed by atoms with van der Waals surface area (Å²) in [5.41, 5.74) is 8.84. The zero-order valence-corrected chi connectivity index (χ0v) is 17.7. The van der Waals surface area contributed by atoms with Crippen molar-refractivity contribution in [3.63, 3.8) is 0 Å². The van der Waals surface area contributed by atoms with Gasteiger partial charge in [0.05, 0.1) is 30.9 Å². The molecule has 2 N–H and O–H groups in total. The maximum Gasteiger partial charge on any atom is 0.228 e. The number of nitrogen functional groups attached to an aromatic ring is 1. The number of ether oxygens (including phenoxy) is 1. The van der Waals surface area contributed by atoms with E-state index < -0.39 is 0 Å². The van der Waals surface area contributed by atoms with Gasteiger partial charge in [-0.3, -0.25) is 0 Å². The van der Waals surface area contributed by atoms with Crippen molar-refractivity contribution in [2.75, 3.05) is 23.7 Å². The fraction of sp³-hybridized carbons (Fsp3) is 0.591. The molecular formula is C22H28N8O. The summed E-state index contributed by atoms with van der Waals surface area (Å²) in [4.78, 5) is 25.7. The largest absolute Gasteiger partial charge is 0.382 e. The zero-order chi connectivity index (χ0) is 20.8. The minimum absolute atomic E-state index is 0.268. The Morgan fingerprint density at radius 3 is 2.35 bits per heavy atom. The van der Waals surface area contributed by atoms with Crippen LogP contribution >= 0.6 is 0 Å². The third-order valence-electron chi connectivity index (χ3n) is 6.87. The normalized spacial score (nSPS) is 24.6. The topological polar surface area (TPSA) is 108 Å². The van der Waals surface area contributed by atoms with Gasteiger partial charge >= 0.3 is 0 Å². The van der Waals surface area contributed by atoms with Gasteiger partial charge in [-0.15, -0.1) is 0 Å². The summed E-state index contributed by atoms with van der Waals surface area (Å²) in [5.74, 6) is 1.12. The van der Waals surface area contributed by atoms with E-state index in [9.17, 15) is 0 Å². The SMILES string of the molecule is Nc1cnc(-c2nc(N3CC4CCC(C3)O4)nc3c2ncn3C2CCCCCC2)cn1. The molecule has 3 fully saturated rings. The fourth-order valence-electron chi connectivity index (χ4n) is 5.27. The monoisotopic (exact) mass is 420 g/mol. The molecule has 0 aromatic carbocycles. The lowest BCUT2D eigenvalue weighted by Gasteiger charge is -2.32. The quantitative estimate of drug-likeness (QED) is 0.644. The van der Waals surface area contributed by atoms with Crippen LogP contribution in [0.25, 0.3) is 22.6 Å². The number of anilines is 2. The summed E-state index contributed by atoms with van der Waals surface area (Å²) >= 11 is 0. The van der Waals surface area contributed by atoms with Gasteiger partial charge in [-0.2, -0.15) is 4.98 Å². The van der Waals surface area contributed by atoms with Crippen molar-refractivity contribution in [2.45, 2.75) is 69.6 Å². The molecule has 6 rings (SSSR count). The summed E-state index contributed by atoms with van der Waals surface area (Å²) in [5, 5.41) is 0. The van der Waals surface area contributed by atoms with Crippen LogP contribution in [0.4, 0.5) is 11.8 Å². The van der Waals surface area contributed by atoms with Gasteiger partial charge in [0.25, 0.3) is 0 Å². The molecule has 2 aliphatic heterocycles. The predicted octanol–water partition coefficient (Wildman–Crippen LogP) is 3.13. The molecule has 2 atom stereocenters. The van der Waals surface area contributed by atoms with Gasteiger partial charge in [-0.1, -0.05) is 25.7 Å². The molecule has 1 aliphatic carbocycles. The van der Waals surface area contributed by atoms with Crippen molar-refractivity contribution in [2.24, 2.45) is 0 Å². The summed E-state index contributed by atoms with van der Waals surface area (Å²) in [7, 11) is 0. The number of imidazole rings is 1. The first kappa shape index (κ1) is 18.9. The molecule has 31 heavy (non-hydrogen) atoms. The Kier molecular flexibility index (Phi) is 4.70. The second-order valence-corrected chi connectivity index (χ2v) is 9.03. The molecule has 9 heteroatoms. The number of hydrogen-bond donors (Lipinski definition) is 1. The first-order valence-electron chi connectivity index (χ1n) is 11.5. The summed E-state index contributed by atoms with van der Waals surface area (Å²) in [6.45, 7) is 1.65. The van der Waals surface area contributed by atoms with Crippen LogP contribution < -0.4 is 10.6 Å². The highest BCUT2D eigenvalue weighted by Crippen LogP contribution is 2.34. The number of morpholine rings is 1. The van der Waals surface area contributed by atoms with Gasteiger partial charge in [0, 0.05) is 19.1 Å². The molecule has 3 aliphatic rings. The molecule has 0 amide bonds. The van der Waals surface area contributed by atoms with Crippen LogP contribution in [0.15, 0.2) is 18.7 Å². The summed E-state index contributed by atoms with van der Waals surface area (Å²) in [6.07, 6.45) is 15.4. The van der Waals surface area contributed by atoms with Gasteiger partial charge in [0.1, 0.15) is 22.7 Å². The fourth-order valence-corrected chi connectivity index (χ4v) is 5.27. The van der Waals surface area contributed by atoms with Gasteiger partial charge in [0.15, 0.2) is 5.65 Å². The average molecular weight is 421 g/mol. The molecule has 0 spiro atoms. The smallest absolute Gasteiger partial charge is 0.228 e. The number of aromatic nitrogens is 6. The number of fused-ring (bicyclic) bond motifs is 3. The molecular weight excluding hydrogens is 392 g/mol. The third kappa shape index (κ3) is 3.50. The minimum atomic E-state index is 0.268. The highest BCUT2D eigenvalue weighted by atomic mass is 16.5. The Morgan fingerprint density at radius 2 is 1.65 bits per heavy atom. The Bertz CT molecular complexity index is 1060. The molecule has 1 saturated carbocycles. The highest BCUT2D eigenvalue weighted by molar-refractivity contribution is 5.87. The van der Waals surface area contributed by atoms with Crippen molar-refractivity contribution in [1.29, 1.82) is 0 Å². The zero-order valence-electron chi connectivity index (χ0n) is 17.7. The van der Waals surface area contributed by atoms with Crippen LogP contribution in [-0.2, 0) is 4.74 Å². The summed E-state index contributed by atoms with van der Waals surface area (Å²) in [6, 6.07) is 0.432. The first-order chi connectivity index (χ1) is 15.2. The van der Waals surface area contributed by atoms with Gasteiger partial charge < -0.3 is 19.9 Å². The molecule has 9 nitrogen and oxygen atoms in total. The molecule has 5 heterocycles. The minimum Gasteiger partial charge on any atom is -0.382 e. The van der Waals surface area contributed by atoms with E-state index in [1.54, 1.807) is 12.4 Å². The molecule has 0 radical (unpaired) electrons. The van der Waals surface area contributed by atoms with E-state index >= 15 is 0 Å². The van der Waals surface area contributed by atoms with Crippen molar-refractivity contribution in [3.05, 3.63) is 18.7 Å². The highest BCUT2D eigenvalue weighted by Gasteiger charge is 2.35. The molecule has 2 unspecified atom stereocenters. The van der Waals surface area contributed by atoms with E-state index in [2.05, 4.69) is 19.4 Å². The second-order valence-electron chi connectivity index (χ2n) is 9.03. The summed E-state index contributed by atoms with van der Waals surface area (Å²) < 4.78 is 8.30. The van der Waals surface area contributed by atoms with E-state index in [0.717, 1.165) is 48.7 Å². The third-order valence-corrected chi connectivity index (χ3v) is 6.87. The lowest BCUT2D eigenvalue weighted by Crippen LogP contribution is -2.43. The molecule has 3 aromatic rings. The van der Waals surface area contributed by atoms with E-state index in [0.29, 0.717) is 17.6 Å². The van der Waals surface area contributed by atoms with Crippen molar-refractivity contribution in [3.8, 4) is 11.4 Å². The Hall–Kier alpha value is -2.81. The van der Waals surface area contributed by atoms with E-state index in [1.165, 1.54) is 38.5 Å². The Morgan fingerprint density at radius 1 is 0.871 bits per heavy atom. The van der Waals surface area contributed by atoms with Crippen molar-refractivity contribution in [1.82, 2.24) is 29.5 Å². The van der Waals surface area contributed by atoms with Crippen LogP contribution in [0, 0.1) is 0 Å². The van der Waals surface area contributed by atoms with Gasteiger partial charge in [0.2, 0.25) is 5.95 Å². The Labute approximate surface area is 181 Å². The lowest BCUT2D eigenvalue weighted by molar-refractivity contribution is 0.0299. The van der Waals surface area contributed by atoms with E-state index in [-0.39, 0.29) is 12.2 Å². The van der Waals surface area contributed by atoms with Crippen LogP contribution in [-0.4, -0.2) is 54.8 Å². The number of rotatable bonds is 3. The predicted molar refractivity (Wildman–Crippen MR) is 118 cm³/mol. The maximum absolute atomic E-state index is 6.03. The van der Waals surface area contributed by atoms with Crippen LogP contribution in [0.5, 0.6) is 0 Å². The molecule has 3 aromatic heterocycles. The average Bonchev–Trinajstić information content (AvgIpc) is 3.25. The molecule has 2 saturated heterocycles. The van der Waals surface area contributed by atoms with Gasteiger partial charge in [-0.05, 0) is 25.7 Å². The van der Waals surface area contributed by atoms with Crippen LogP contribution in [0.2, 0.25) is 0 Å². The molecule has 162 valence electrons. The van der Waals surface area contributed by atoms with E-state index in [4.69, 9.17) is 25.4 Å². The van der Waals surface area contributed by atoms with Crippen molar-refractivity contribution < 1.29 is 4.74 Å². The number of hydrogen-bond acceptors (Lipinski definition) is 8. The number of nitrogens with two attached hydrogens (primary N) is 1. The second kappa shape index (κ2) is 7.71. The Balaban J connectivity index is 1.48. The maximum atomic E-state index is 6.03. The first-order valence-corrected chi connectivity index (χ1v) is 11.5. The van der Waals surface area contributed by atoms with Gasteiger partial charge in [-0.25, -0.2) is 19.9 Å². The van der Waals surface area contributed by atoms with E-state index in [1.807, 2.05) is 6.33 Å².